The minimum atomic E-state index is -0.144. The van der Waals surface area contributed by atoms with E-state index in [0.29, 0.717) is 23.0 Å². The Morgan fingerprint density at radius 1 is 1.29 bits per heavy atom. The molecule has 1 aliphatic heterocycles. The van der Waals surface area contributed by atoms with Crippen molar-refractivity contribution < 1.29 is 9.53 Å². The van der Waals surface area contributed by atoms with E-state index >= 15 is 0 Å². The summed E-state index contributed by atoms with van der Waals surface area (Å²) in [6.07, 6.45) is 0. The molecule has 1 amide bonds. The normalized spacial score (nSPS) is 13.1. The summed E-state index contributed by atoms with van der Waals surface area (Å²) in [5.41, 5.74) is 2.55. The highest BCUT2D eigenvalue weighted by Gasteiger charge is 2.15. The van der Waals surface area contributed by atoms with E-state index in [1.165, 1.54) is 0 Å². The van der Waals surface area contributed by atoms with E-state index < -0.39 is 0 Å². The highest BCUT2D eigenvalue weighted by Crippen LogP contribution is 2.31. The summed E-state index contributed by atoms with van der Waals surface area (Å²) in [5, 5.41) is 6.77. The first-order chi connectivity index (χ1) is 10.1. The van der Waals surface area contributed by atoms with Crippen LogP contribution in [-0.4, -0.2) is 12.5 Å². The van der Waals surface area contributed by atoms with Crippen LogP contribution in [0.1, 0.15) is 5.56 Å². The van der Waals surface area contributed by atoms with Crippen molar-refractivity contribution in [3.63, 3.8) is 0 Å². The number of benzene rings is 2. The number of amides is 1. The van der Waals surface area contributed by atoms with E-state index in [9.17, 15) is 4.79 Å². The summed E-state index contributed by atoms with van der Waals surface area (Å²) in [6.45, 7) is 0.652. The van der Waals surface area contributed by atoms with Crippen LogP contribution in [0.15, 0.2) is 40.9 Å². The van der Waals surface area contributed by atoms with Gasteiger partial charge < -0.3 is 15.4 Å². The van der Waals surface area contributed by atoms with Crippen LogP contribution in [0.25, 0.3) is 0 Å². The maximum absolute atomic E-state index is 11.3. The number of carbonyl (C=O) groups is 1. The fourth-order valence-corrected chi connectivity index (χ4v) is 2.66. The van der Waals surface area contributed by atoms with Gasteiger partial charge in [0.15, 0.2) is 6.61 Å². The summed E-state index contributed by atoms with van der Waals surface area (Å²) in [5.74, 6) is 0.537. The first-order valence-electron chi connectivity index (χ1n) is 6.36. The van der Waals surface area contributed by atoms with E-state index in [4.69, 9.17) is 16.3 Å². The van der Waals surface area contributed by atoms with Gasteiger partial charge in [-0.15, -0.1) is 0 Å². The van der Waals surface area contributed by atoms with Crippen molar-refractivity contribution >= 4 is 44.8 Å². The van der Waals surface area contributed by atoms with Crippen molar-refractivity contribution in [2.45, 2.75) is 6.54 Å². The fraction of sp³-hybridized carbons (Fsp3) is 0.133. The van der Waals surface area contributed by atoms with Crippen LogP contribution in [0.4, 0.5) is 11.4 Å². The lowest BCUT2D eigenvalue weighted by Gasteiger charge is -2.19. The average Bonchev–Trinajstić information content (AvgIpc) is 2.47. The van der Waals surface area contributed by atoms with Crippen LogP contribution in [0.3, 0.4) is 0 Å². The number of nitrogens with one attached hydrogen (secondary N) is 2. The van der Waals surface area contributed by atoms with Crippen molar-refractivity contribution in [3.05, 3.63) is 51.5 Å². The summed E-state index contributed by atoms with van der Waals surface area (Å²) in [6, 6.07) is 11.3. The zero-order valence-electron chi connectivity index (χ0n) is 11.0. The number of halogens is 2. The fourth-order valence-electron chi connectivity index (χ4n) is 2.07. The lowest BCUT2D eigenvalue weighted by molar-refractivity contribution is -0.118. The molecule has 0 radical (unpaired) electrons. The number of carbonyl (C=O) groups excluding carboxylic acids is 1. The van der Waals surface area contributed by atoms with Crippen LogP contribution in [-0.2, 0) is 11.3 Å². The number of hydrogen-bond donors (Lipinski definition) is 2. The van der Waals surface area contributed by atoms with Gasteiger partial charge in [0.2, 0.25) is 0 Å². The number of ether oxygens (including phenoxy) is 1. The largest absolute Gasteiger partial charge is 0.482 e. The van der Waals surface area contributed by atoms with E-state index in [-0.39, 0.29) is 12.5 Å². The highest BCUT2D eigenvalue weighted by atomic mass is 79.9. The molecule has 2 aromatic carbocycles. The zero-order valence-corrected chi connectivity index (χ0v) is 13.3. The Morgan fingerprint density at radius 2 is 2.14 bits per heavy atom. The smallest absolute Gasteiger partial charge is 0.262 e. The van der Waals surface area contributed by atoms with Gasteiger partial charge >= 0.3 is 0 Å². The molecule has 0 atom stereocenters. The Balaban J connectivity index is 1.75. The minimum Gasteiger partial charge on any atom is -0.482 e. The molecular formula is C15H12BrClN2O2. The van der Waals surface area contributed by atoms with Gasteiger partial charge in [0.1, 0.15) is 5.75 Å². The topological polar surface area (TPSA) is 50.4 Å². The number of hydrogen-bond acceptors (Lipinski definition) is 3. The second-order valence-corrected chi connectivity index (χ2v) is 5.96. The van der Waals surface area contributed by atoms with Crippen LogP contribution in [0, 0.1) is 0 Å². The molecule has 0 saturated carbocycles. The maximum atomic E-state index is 11.3. The average molecular weight is 368 g/mol. The van der Waals surface area contributed by atoms with Gasteiger partial charge in [-0.05, 0) is 42.0 Å². The van der Waals surface area contributed by atoms with Crippen LogP contribution < -0.4 is 15.4 Å². The van der Waals surface area contributed by atoms with Gasteiger partial charge in [0.05, 0.1) is 5.69 Å². The molecule has 2 aromatic rings. The van der Waals surface area contributed by atoms with Gasteiger partial charge in [-0.25, -0.2) is 0 Å². The summed E-state index contributed by atoms with van der Waals surface area (Å²) >= 11 is 9.59. The molecule has 1 heterocycles. The lowest BCUT2D eigenvalue weighted by atomic mass is 10.2. The molecule has 1 aliphatic rings. The number of fused-ring (bicyclic) bond motifs is 1. The standard InChI is InChI=1S/C15H12BrClN2O2/c16-10-1-3-12(17)9(5-10)7-18-11-2-4-14-13(6-11)19-15(20)8-21-14/h1-6,18H,7-8H2,(H,19,20). The van der Waals surface area contributed by atoms with E-state index in [1.54, 1.807) is 0 Å². The molecule has 0 saturated heterocycles. The lowest BCUT2D eigenvalue weighted by Crippen LogP contribution is -2.25. The molecule has 0 spiro atoms. The van der Waals surface area contributed by atoms with Crippen molar-refractivity contribution in [3.8, 4) is 5.75 Å². The highest BCUT2D eigenvalue weighted by molar-refractivity contribution is 9.10. The molecule has 3 rings (SSSR count). The SMILES string of the molecule is O=C1COc2ccc(NCc3cc(Br)ccc3Cl)cc2N1. The van der Waals surface area contributed by atoms with Gasteiger partial charge in [-0.2, -0.15) is 0 Å². The van der Waals surface area contributed by atoms with Gasteiger partial charge in [0, 0.05) is 21.7 Å². The molecular weight excluding hydrogens is 356 g/mol. The van der Waals surface area contributed by atoms with Crippen molar-refractivity contribution in [1.29, 1.82) is 0 Å². The minimum absolute atomic E-state index is 0.0629. The predicted molar refractivity (Wildman–Crippen MR) is 87.0 cm³/mol. The van der Waals surface area contributed by atoms with Crippen LogP contribution >= 0.6 is 27.5 Å². The summed E-state index contributed by atoms with van der Waals surface area (Å²) in [4.78, 5) is 11.3. The molecule has 2 N–H and O–H groups in total. The molecule has 4 nitrogen and oxygen atoms in total. The summed E-state index contributed by atoms with van der Waals surface area (Å²) < 4.78 is 6.30. The number of rotatable bonds is 3. The van der Waals surface area contributed by atoms with E-state index in [0.717, 1.165) is 15.7 Å². The molecule has 0 bridgehead atoms. The van der Waals surface area contributed by atoms with E-state index in [2.05, 4.69) is 26.6 Å². The predicted octanol–water partition coefficient (Wildman–Crippen LogP) is 4.05. The number of anilines is 2. The molecule has 0 unspecified atom stereocenters. The van der Waals surface area contributed by atoms with Crippen molar-refractivity contribution in [1.82, 2.24) is 0 Å². The Morgan fingerprint density at radius 3 is 3.00 bits per heavy atom. The first-order valence-corrected chi connectivity index (χ1v) is 7.53. The van der Waals surface area contributed by atoms with Crippen molar-refractivity contribution in [2.75, 3.05) is 17.2 Å². The Labute approximate surface area is 135 Å². The van der Waals surface area contributed by atoms with Gasteiger partial charge in [0.25, 0.3) is 5.91 Å². The Kier molecular flexibility index (Phi) is 4.03. The zero-order chi connectivity index (χ0) is 14.8. The van der Waals surface area contributed by atoms with Crippen LogP contribution in [0.5, 0.6) is 5.75 Å². The second kappa shape index (κ2) is 5.95. The maximum Gasteiger partial charge on any atom is 0.262 e. The van der Waals surface area contributed by atoms with Gasteiger partial charge in [-0.1, -0.05) is 27.5 Å². The monoisotopic (exact) mass is 366 g/mol. The first kappa shape index (κ1) is 14.2. The summed E-state index contributed by atoms with van der Waals surface area (Å²) in [7, 11) is 0. The second-order valence-electron chi connectivity index (χ2n) is 4.64. The molecule has 108 valence electrons. The van der Waals surface area contributed by atoms with E-state index in [1.807, 2.05) is 36.4 Å². The molecule has 6 heteroatoms. The Hall–Kier alpha value is -1.72. The molecule has 0 fully saturated rings. The van der Waals surface area contributed by atoms with Crippen molar-refractivity contribution in [2.24, 2.45) is 0 Å². The third-order valence-corrected chi connectivity index (χ3v) is 3.97. The molecule has 0 aliphatic carbocycles. The molecule has 0 aromatic heterocycles. The van der Waals surface area contributed by atoms with Crippen LogP contribution in [0.2, 0.25) is 5.02 Å². The third kappa shape index (κ3) is 3.31. The quantitative estimate of drug-likeness (QED) is 0.860. The Bertz CT molecular complexity index is 706. The molecule has 21 heavy (non-hydrogen) atoms. The third-order valence-electron chi connectivity index (χ3n) is 3.10. The van der Waals surface area contributed by atoms with Gasteiger partial charge in [-0.3, -0.25) is 4.79 Å².